The van der Waals surface area contributed by atoms with Crippen molar-refractivity contribution in [2.75, 3.05) is 5.73 Å². The van der Waals surface area contributed by atoms with Gasteiger partial charge in [0.1, 0.15) is 0 Å². The van der Waals surface area contributed by atoms with Crippen LogP contribution in [0.5, 0.6) is 0 Å². The monoisotopic (exact) mass is 212 g/mol. The lowest BCUT2D eigenvalue weighted by atomic mass is 10.3. The molecule has 0 saturated heterocycles. The van der Waals surface area contributed by atoms with Crippen molar-refractivity contribution in [1.29, 1.82) is 0 Å². The van der Waals surface area contributed by atoms with Crippen LogP contribution in [0.4, 0.5) is 5.95 Å². The summed E-state index contributed by atoms with van der Waals surface area (Å²) in [6.45, 7) is 0. The van der Waals surface area contributed by atoms with Crippen LogP contribution in [0.3, 0.4) is 0 Å². The molecule has 3 aromatic rings. The molecule has 0 unspecified atom stereocenters. The average Bonchev–Trinajstić information content (AvgIpc) is 2.79. The van der Waals surface area contributed by atoms with Gasteiger partial charge in [-0.2, -0.15) is 0 Å². The third-order valence-electron chi connectivity index (χ3n) is 2.05. The van der Waals surface area contributed by atoms with Gasteiger partial charge in [0.05, 0.1) is 0 Å². The maximum absolute atomic E-state index is 5.14. The van der Waals surface area contributed by atoms with E-state index in [2.05, 4.69) is 33.2 Å². The highest BCUT2D eigenvalue weighted by Gasteiger charge is 1.86. The number of fused-ring (bicyclic) bond motifs is 1. The predicted molar refractivity (Wildman–Crippen MR) is 64.7 cm³/mol. The van der Waals surface area contributed by atoms with Crippen molar-refractivity contribution in [3.05, 3.63) is 55.0 Å². The Balaban J connectivity index is 0.000000125. The number of nitrogen functional groups attached to an aromatic ring is 1. The van der Waals surface area contributed by atoms with Gasteiger partial charge in [-0.05, 0) is 23.6 Å². The Morgan fingerprint density at radius 2 is 1.69 bits per heavy atom. The fourth-order valence-electron chi connectivity index (χ4n) is 1.31. The van der Waals surface area contributed by atoms with E-state index in [4.69, 9.17) is 5.73 Å². The zero-order valence-electron chi connectivity index (χ0n) is 8.67. The molecule has 0 aliphatic carbocycles. The number of nitrogens with one attached hydrogen (secondary N) is 1. The van der Waals surface area contributed by atoms with Crippen LogP contribution in [0.1, 0.15) is 0 Å². The van der Waals surface area contributed by atoms with Crippen LogP contribution in [0.2, 0.25) is 0 Å². The van der Waals surface area contributed by atoms with Crippen LogP contribution >= 0.6 is 0 Å². The van der Waals surface area contributed by atoms with Gasteiger partial charge < -0.3 is 10.7 Å². The van der Waals surface area contributed by atoms with Gasteiger partial charge in [-0.15, -0.1) is 0 Å². The Kier molecular flexibility index (Phi) is 3.13. The predicted octanol–water partition coefficient (Wildman–Crippen LogP) is 2.23. The SMILES string of the molecule is Nc1ncccn1.c1ccc2[nH]ccc2c1. The molecule has 0 spiro atoms. The third kappa shape index (κ3) is 2.57. The number of para-hydroxylation sites is 1. The Morgan fingerprint density at radius 1 is 0.938 bits per heavy atom. The lowest BCUT2D eigenvalue weighted by molar-refractivity contribution is 1.19. The van der Waals surface area contributed by atoms with E-state index in [1.165, 1.54) is 10.9 Å². The highest BCUT2D eigenvalue weighted by Crippen LogP contribution is 2.09. The van der Waals surface area contributed by atoms with Crippen LogP contribution in [0, 0.1) is 0 Å². The normalized spacial score (nSPS) is 9.50. The largest absolute Gasteiger partial charge is 0.368 e. The van der Waals surface area contributed by atoms with Gasteiger partial charge >= 0.3 is 0 Å². The van der Waals surface area contributed by atoms with Gasteiger partial charge in [0, 0.05) is 24.1 Å². The first-order valence-corrected chi connectivity index (χ1v) is 4.91. The smallest absolute Gasteiger partial charge is 0.219 e. The molecular weight excluding hydrogens is 200 g/mol. The minimum atomic E-state index is 0.322. The minimum Gasteiger partial charge on any atom is -0.368 e. The van der Waals surface area contributed by atoms with E-state index < -0.39 is 0 Å². The van der Waals surface area contributed by atoms with E-state index in [0.717, 1.165) is 0 Å². The van der Waals surface area contributed by atoms with E-state index in [1.807, 2.05) is 18.3 Å². The lowest BCUT2D eigenvalue weighted by Gasteiger charge is -1.83. The van der Waals surface area contributed by atoms with E-state index in [9.17, 15) is 0 Å². The van der Waals surface area contributed by atoms with Crippen LogP contribution in [0.15, 0.2) is 55.0 Å². The molecule has 4 nitrogen and oxygen atoms in total. The third-order valence-corrected chi connectivity index (χ3v) is 2.05. The highest BCUT2D eigenvalue weighted by molar-refractivity contribution is 5.78. The summed E-state index contributed by atoms with van der Waals surface area (Å²) in [5.74, 6) is 0.322. The summed E-state index contributed by atoms with van der Waals surface area (Å²) in [6.07, 6.45) is 5.15. The highest BCUT2D eigenvalue weighted by atomic mass is 15.0. The number of aromatic nitrogens is 3. The van der Waals surface area contributed by atoms with Gasteiger partial charge in [-0.25, -0.2) is 9.97 Å². The zero-order chi connectivity index (χ0) is 11.2. The van der Waals surface area contributed by atoms with Crippen LogP contribution in [-0.2, 0) is 0 Å². The van der Waals surface area contributed by atoms with Gasteiger partial charge in [0.15, 0.2) is 0 Å². The van der Waals surface area contributed by atoms with Crippen molar-refractivity contribution in [2.45, 2.75) is 0 Å². The molecule has 3 N–H and O–H groups in total. The molecule has 0 radical (unpaired) electrons. The molecule has 1 aromatic carbocycles. The first-order valence-electron chi connectivity index (χ1n) is 4.91. The number of hydrogen-bond acceptors (Lipinski definition) is 3. The first kappa shape index (κ1) is 10.2. The Morgan fingerprint density at radius 3 is 2.31 bits per heavy atom. The molecule has 2 aromatic heterocycles. The summed E-state index contributed by atoms with van der Waals surface area (Å²) in [5, 5.41) is 1.28. The summed E-state index contributed by atoms with van der Waals surface area (Å²) in [7, 11) is 0. The second-order valence-electron chi connectivity index (χ2n) is 3.17. The van der Waals surface area contributed by atoms with Crippen LogP contribution < -0.4 is 5.73 Å². The standard InChI is InChI=1S/C8H7N.C4H5N3/c1-2-4-8-7(3-1)5-6-9-8;5-4-6-2-1-3-7-4/h1-6,9H;1-3H,(H2,5,6,7). The topological polar surface area (TPSA) is 67.6 Å². The molecule has 0 aliphatic rings. The van der Waals surface area contributed by atoms with E-state index in [0.29, 0.717) is 5.95 Å². The Labute approximate surface area is 93.2 Å². The minimum absolute atomic E-state index is 0.322. The summed E-state index contributed by atoms with van der Waals surface area (Å²) < 4.78 is 0. The number of rotatable bonds is 0. The Bertz CT molecular complexity index is 515. The fraction of sp³-hybridized carbons (Fsp3) is 0. The fourth-order valence-corrected chi connectivity index (χ4v) is 1.31. The molecule has 2 heterocycles. The van der Waals surface area contributed by atoms with Crippen molar-refractivity contribution in [3.63, 3.8) is 0 Å². The van der Waals surface area contributed by atoms with Gasteiger partial charge in [0.2, 0.25) is 5.95 Å². The van der Waals surface area contributed by atoms with Crippen LogP contribution in [0.25, 0.3) is 10.9 Å². The second kappa shape index (κ2) is 4.93. The van der Waals surface area contributed by atoms with Crippen molar-refractivity contribution in [2.24, 2.45) is 0 Å². The number of H-pyrrole nitrogens is 1. The van der Waals surface area contributed by atoms with Crippen molar-refractivity contribution in [3.8, 4) is 0 Å². The van der Waals surface area contributed by atoms with Gasteiger partial charge in [-0.1, -0.05) is 18.2 Å². The van der Waals surface area contributed by atoms with Gasteiger partial charge in [-0.3, -0.25) is 0 Å². The number of anilines is 1. The summed E-state index contributed by atoms with van der Waals surface area (Å²) in [4.78, 5) is 10.4. The van der Waals surface area contributed by atoms with Crippen LogP contribution in [-0.4, -0.2) is 15.0 Å². The molecule has 0 saturated carbocycles. The number of benzene rings is 1. The van der Waals surface area contributed by atoms with E-state index in [1.54, 1.807) is 18.5 Å². The molecule has 4 heteroatoms. The molecule has 0 fully saturated rings. The molecule has 3 rings (SSSR count). The van der Waals surface area contributed by atoms with E-state index >= 15 is 0 Å². The first-order chi connectivity index (χ1) is 7.86. The Hall–Kier alpha value is -2.36. The maximum Gasteiger partial charge on any atom is 0.219 e. The molecule has 0 amide bonds. The lowest BCUT2D eigenvalue weighted by Crippen LogP contribution is -1.90. The molecule has 16 heavy (non-hydrogen) atoms. The quantitative estimate of drug-likeness (QED) is 0.600. The summed E-state index contributed by atoms with van der Waals surface area (Å²) in [5.41, 5.74) is 6.34. The molecular formula is C12H12N4. The summed E-state index contributed by atoms with van der Waals surface area (Å²) in [6, 6.07) is 12.0. The number of aromatic amines is 1. The second-order valence-corrected chi connectivity index (χ2v) is 3.17. The van der Waals surface area contributed by atoms with Crippen molar-refractivity contribution < 1.29 is 0 Å². The summed E-state index contributed by atoms with van der Waals surface area (Å²) >= 11 is 0. The molecule has 0 bridgehead atoms. The molecule has 0 atom stereocenters. The van der Waals surface area contributed by atoms with Crippen molar-refractivity contribution >= 4 is 16.9 Å². The van der Waals surface area contributed by atoms with Crippen molar-refractivity contribution in [1.82, 2.24) is 15.0 Å². The molecule has 80 valence electrons. The number of hydrogen-bond donors (Lipinski definition) is 2. The number of nitrogens with two attached hydrogens (primary N) is 1. The van der Waals surface area contributed by atoms with Gasteiger partial charge in [0.25, 0.3) is 0 Å². The van der Waals surface area contributed by atoms with E-state index in [-0.39, 0.29) is 0 Å². The number of nitrogens with zero attached hydrogens (tertiary/aromatic N) is 2. The zero-order valence-corrected chi connectivity index (χ0v) is 8.67. The molecule has 0 aliphatic heterocycles. The maximum atomic E-state index is 5.14. The average molecular weight is 212 g/mol.